The second-order valence-electron chi connectivity index (χ2n) is 6.57. The maximum atomic E-state index is 13.3. The predicted octanol–water partition coefficient (Wildman–Crippen LogP) is 4.58. The Morgan fingerprint density at radius 3 is 2.29 bits per heavy atom. The molecule has 2 rings (SSSR count). The van der Waals surface area contributed by atoms with Gasteiger partial charge in [-0.1, -0.05) is 18.2 Å². The average molecular weight is 395 g/mol. The van der Waals surface area contributed by atoms with Crippen LogP contribution >= 0.6 is 0 Å². The number of carbonyl (C=O) groups excluding carboxylic acids is 1. The lowest BCUT2D eigenvalue weighted by atomic mass is 9.97. The molecule has 2 aromatic carbocycles. The van der Waals surface area contributed by atoms with Gasteiger partial charge in [-0.2, -0.15) is 13.2 Å². The summed E-state index contributed by atoms with van der Waals surface area (Å²) in [5.74, 6) is -0.00896. The first-order valence-electron chi connectivity index (χ1n) is 8.91. The van der Waals surface area contributed by atoms with Gasteiger partial charge < -0.3 is 14.4 Å². The van der Waals surface area contributed by atoms with Gasteiger partial charge in [0.2, 0.25) is 5.78 Å². The Bertz CT molecular complexity index is 832. The van der Waals surface area contributed by atoms with Gasteiger partial charge in [0.1, 0.15) is 23.7 Å². The van der Waals surface area contributed by atoms with Crippen LogP contribution in [0.1, 0.15) is 34.0 Å². The Kier molecular flexibility index (Phi) is 7.07. The molecule has 0 aliphatic carbocycles. The number of benzene rings is 2. The number of ether oxygens (including phenoxy) is 2. The predicted molar refractivity (Wildman–Crippen MR) is 101 cm³/mol. The summed E-state index contributed by atoms with van der Waals surface area (Å²) in [6.07, 6.45) is -4.54. The Hall–Kier alpha value is -2.54. The van der Waals surface area contributed by atoms with Crippen molar-refractivity contribution in [2.45, 2.75) is 20.0 Å². The van der Waals surface area contributed by atoms with Gasteiger partial charge in [-0.15, -0.1) is 0 Å². The number of halogens is 3. The molecular formula is C21H24F3NO3. The van der Waals surface area contributed by atoms with Crippen molar-refractivity contribution in [3.8, 4) is 11.5 Å². The molecule has 0 saturated heterocycles. The SMILES string of the molecule is CCOc1cccc(OCCN(C)C)c1C(=O)c1ccc(C)c(C(F)(F)F)c1. The topological polar surface area (TPSA) is 38.8 Å². The quantitative estimate of drug-likeness (QED) is 0.613. The fraction of sp³-hybridized carbons (Fsp3) is 0.381. The molecule has 0 N–H and O–H groups in total. The first-order chi connectivity index (χ1) is 13.1. The molecule has 0 amide bonds. The van der Waals surface area contributed by atoms with E-state index in [-0.39, 0.29) is 28.2 Å². The zero-order valence-electron chi connectivity index (χ0n) is 16.4. The smallest absolute Gasteiger partial charge is 0.416 e. The lowest BCUT2D eigenvalue weighted by Gasteiger charge is -2.17. The van der Waals surface area contributed by atoms with Gasteiger partial charge in [-0.25, -0.2) is 0 Å². The molecule has 7 heteroatoms. The summed E-state index contributed by atoms with van der Waals surface area (Å²) in [5.41, 5.74) is -0.713. The number of likely N-dealkylation sites (N-methyl/N-ethyl adjacent to an activating group) is 1. The van der Waals surface area contributed by atoms with Gasteiger partial charge in [0.05, 0.1) is 12.2 Å². The van der Waals surface area contributed by atoms with Crippen molar-refractivity contribution >= 4 is 5.78 Å². The largest absolute Gasteiger partial charge is 0.493 e. The highest BCUT2D eigenvalue weighted by Crippen LogP contribution is 2.35. The maximum Gasteiger partial charge on any atom is 0.416 e. The number of nitrogens with zero attached hydrogens (tertiary/aromatic N) is 1. The normalized spacial score (nSPS) is 11.6. The van der Waals surface area contributed by atoms with Crippen LogP contribution in [0.5, 0.6) is 11.5 Å². The fourth-order valence-corrected chi connectivity index (χ4v) is 2.68. The lowest BCUT2D eigenvalue weighted by Crippen LogP contribution is -2.20. The molecular weight excluding hydrogens is 371 g/mol. The van der Waals surface area contributed by atoms with E-state index in [1.165, 1.54) is 19.1 Å². The lowest BCUT2D eigenvalue weighted by molar-refractivity contribution is -0.138. The molecule has 0 atom stereocenters. The van der Waals surface area contributed by atoms with E-state index in [4.69, 9.17) is 9.47 Å². The molecule has 0 bridgehead atoms. The highest BCUT2D eigenvalue weighted by molar-refractivity contribution is 6.12. The summed E-state index contributed by atoms with van der Waals surface area (Å²) in [7, 11) is 3.77. The van der Waals surface area contributed by atoms with Crippen molar-refractivity contribution < 1.29 is 27.4 Å². The standard InChI is InChI=1S/C21H24F3NO3/c1-5-27-17-7-6-8-18(28-12-11-25(3)4)19(17)20(26)15-10-9-14(2)16(13-15)21(22,23)24/h6-10,13H,5,11-12H2,1-4H3. The number of aryl methyl sites for hydroxylation is 1. The molecule has 0 heterocycles. The number of hydrogen-bond acceptors (Lipinski definition) is 4. The molecule has 0 fully saturated rings. The van der Waals surface area contributed by atoms with E-state index in [9.17, 15) is 18.0 Å². The minimum Gasteiger partial charge on any atom is -0.493 e. The van der Waals surface area contributed by atoms with E-state index >= 15 is 0 Å². The van der Waals surface area contributed by atoms with E-state index in [1.807, 2.05) is 19.0 Å². The first kappa shape index (κ1) is 21.8. The van der Waals surface area contributed by atoms with E-state index in [0.717, 1.165) is 6.07 Å². The summed E-state index contributed by atoms with van der Waals surface area (Å²) in [4.78, 5) is 15.0. The average Bonchev–Trinajstić information content (AvgIpc) is 2.61. The molecule has 0 aliphatic heterocycles. The fourth-order valence-electron chi connectivity index (χ4n) is 2.68. The number of hydrogen-bond donors (Lipinski definition) is 0. The Morgan fingerprint density at radius 2 is 1.71 bits per heavy atom. The molecule has 0 spiro atoms. The molecule has 152 valence electrons. The monoisotopic (exact) mass is 395 g/mol. The van der Waals surface area contributed by atoms with Crippen LogP contribution in [-0.2, 0) is 6.18 Å². The second kappa shape index (κ2) is 9.10. The van der Waals surface area contributed by atoms with Crippen LogP contribution in [0, 0.1) is 6.92 Å². The zero-order chi connectivity index (χ0) is 20.9. The Labute approximate surface area is 162 Å². The summed E-state index contributed by atoms with van der Waals surface area (Å²) in [5, 5.41) is 0. The molecule has 0 radical (unpaired) electrons. The summed E-state index contributed by atoms with van der Waals surface area (Å²) >= 11 is 0. The molecule has 0 aliphatic rings. The third-order valence-electron chi connectivity index (χ3n) is 4.12. The van der Waals surface area contributed by atoms with Gasteiger partial charge in [0.25, 0.3) is 0 Å². The third-order valence-corrected chi connectivity index (χ3v) is 4.12. The van der Waals surface area contributed by atoms with Crippen LogP contribution in [0.3, 0.4) is 0 Å². The minimum atomic E-state index is -4.54. The summed E-state index contributed by atoms with van der Waals surface area (Å²) < 4.78 is 51.0. The van der Waals surface area contributed by atoms with Crippen molar-refractivity contribution in [3.63, 3.8) is 0 Å². The van der Waals surface area contributed by atoms with Crippen molar-refractivity contribution in [2.75, 3.05) is 33.9 Å². The van der Waals surface area contributed by atoms with Gasteiger partial charge in [-0.05, 0) is 51.7 Å². The van der Waals surface area contributed by atoms with Crippen molar-refractivity contribution in [1.82, 2.24) is 4.90 Å². The van der Waals surface area contributed by atoms with E-state index < -0.39 is 17.5 Å². The van der Waals surface area contributed by atoms with Crippen LogP contribution < -0.4 is 9.47 Å². The molecule has 0 aromatic heterocycles. The third kappa shape index (κ3) is 5.25. The van der Waals surface area contributed by atoms with Crippen molar-refractivity contribution in [3.05, 3.63) is 58.7 Å². The van der Waals surface area contributed by atoms with Crippen molar-refractivity contribution in [2.24, 2.45) is 0 Å². The molecule has 0 unspecified atom stereocenters. The minimum absolute atomic E-state index is 0.0598. The van der Waals surface area contributed by atoms with E-state index in [0.29, 0.717) is 19.8 Å². The molecule has 0 saturated carbocycles. The first-order valence-corrected chi connectivity index (χ1v) is 8.91. The molecule has 4 nitrogen and oxygen atoms in total. The number of rotatable bonds is 8. The zero-order valence-corrected chi connectivity index (χ0v) is 16.4. The molecule has 2 aromatic rings. The maximum absolute atomic E-state index is 13.3. The van der Waals surface area contributed by atoms with Crippen molar-refractivity contribution in [1.29, 1.82) is 0 Å². The highest BCUT2D eigenvalue weighted by atomic mass is 19.4. The van der Waals surface area contributed by atoms with Gasteiger partial charge in [0.15, 0.2) is 0 Å². The van der Waals surface area contributed by atoms with Gasteiger partial charge in [-0.3, -0.25) is 4.79 Å². The summed E-state index contributed by atoms with van der Waals surface area (Å²) in [6, 6.07) is 8.47. The van der Waals surface area contributed by atoms with Crippen LogP contribution in [0.15, 0.2) is 36.4 Å². The van der Waals surface area contributed by atoms with Crippen LogP contribution in [0.25, 0.3) is 0 Å². The van der Waals surface area contributed by atoms with Crippen LogP contribution in [0.4, 0.5) is 13.2 Å². The Morgan fingerprint density at radius 1 is 1.07 bits per heavy atom. The van der Waals surface area contributed by atoms with E-state index in [1.54, 1.807) is 25.1 Å². The number of alkyl halides is 3. The highest BCUT2D eigenvalue weighted by Gasteiger charge is 2.33. The van der Waals surface area contributed by atoms with Crippen LogP contribution in [0.2, 0.25) is 0 Å². The summed E-state index contributed by atoms with van der Waals surface area (Å²) in [6.45, 7) is 4.38. The number of carbonyl (C=O) groups is 1. The van der Waals surface area contributed by atoms with E-state index in [2.05, 4.69) is 0 Å². The van der Waals surface area contributed by atoms with Gasteiger partial charge >= 0.3 is 6.18 Å². The Balaban J connectivity index is 2.48. The molecule has 28 heavy (non-hydrogen) atoms. The van der Waals surface area contributed by atoms with Crippen LogP contribution in [-0.4, -0.2) is 44.5 Å². The second-order valence-corrected chi connectivity index (χ2v) is 6.57. The number of ketones is 1. The van der Waals surface area contributed by atoms with Gasteiger partial charge in [0, 0.05) is 12.1 Å².